The molecule has 128 valence electrons. The van der Waals surface area contributed by atoms with E-state index < -0.39 is 0 Å². The van der Waals surface area contributed by atoms with Crippen LogP contribution >= 0.6 is 46.7 Å². The number of thioether (sulfide) groups is 1. The molecule has 0 amide bonds. The Hall–Kier alpha value is -0.800. The topological polar surface area (TPSA) is 34.0 Å². The van der Waals surface area contributed by atoms with Gasteiger partial charge in [-0.1, -0.05) is 42.2 Å². The van der Waals surface area contributed by atoms with Gasteiger partial charge < -0.3 is 0 Å². The molecule has 0 spiro atoms. The van der Waals surface area contributed by atoms with E-state index in [9.17, 15) is 0 Å². The SMILES string of the molecule is CCCSc1nn(CN(C)[C@@H](C)c2nc3ccccc3s2)c(=S)s1. The molecule has 0 N–H and O–H groups in total. The summed E-state index contributed by atoms with van der Waals surface area (Å²) in [6.07, 6.45) is 1.14. The molecule has 1 atom stereocenters. The van der Waals surface area contributed by atoms with Gasteiger partial charge in [0.15, 0.2) is 8.29 Å². The molecule has 24 heavy (non-hydrogen) atoms. The molecular weight excluding hydrogens is 376 g/mol. The monoisotopic (exact) mass is 396 g/mol. The first-order valence-corrected chi connectivity index (χ1v) is 10.9. The molecule has 0 aliphatic carbocycles. The highest BCUT2D eigenvalue weighted by atomic mass is 32.2. The molecular formula is C16H20N4S4. The second-order valence-corrected chi connectivity index (χ2v) is 9.60. The van der Waals surface area contributed by atoms with Gasteiger partial charge in [-0.05, 0) is 44.7 Å². The normalized spacial score (nSPS) is 13.0. The molecule has 3 rings (SSSR count). The smallest absolute Gasteiger partial charge is 0.181 e. The molecule has 2 heterocycles. The Morgan fingerprint density at radius 2 is 2.12 bits per heavy atom. The summed E-state index contributed by atoms with van der Waals surface area (Å²) in [4.78, 5) is 7.00. The van der Waals surface area contributed by atoms with E-state index in [0.29, 0.717) is 6.67 Å². The van der Waals surface area contributed by atoms with Gasteiger partial charge in [0, 0.05) is 5.75 Å². The molecule has 4 nitrogen and oxygen atoms in total. The lowest BCUT2D eigenvalue weighted by molar-refractivity contribution is 0.194. The first-order valence-electron chi connectivity index (χ1n) is 7.85. The molecule has 8 heteroatoms. The molecule has 0 fully saturated rings. The van der Waals surface area contributed by atoms with E-state index in [4.69, 9.17) is 17.2 Å². The summed E-state index contributed by atoms with van der Waals surface area (Å²) >= 11 is 10.6. The molecule has 0 radical (unpaired) electrons. The Balaban J connectivity index is 1.73. The zero-order valence-electron chi connectivity index (χ0n) is 13.9. The zero-order chi connectivity index (χ0) is 17.1. The Labute approximate surface area is 159 Å². The van der Waals surface area contributed by atoms with Gasteiger partial charge in [0.2, 0.25) is 0 Å². The third kappa shape index (κ3) is 4.05. The zero-order valence-corrected chi connectivity index (χ0v) is 17.2. The van der Waals surface area contributed by atoms with Crippen LogP contribution in [0.1, 0.15) is 31.3 Å². The molecule has 0 aliphatic heterocycles. The average Bonchev–Trinajstić information content (AvgIpc) is 3.16. The van der Waals surface area contributed by atoms with Gasteiger partial charge in [-0.25, -0.2) is 9.67 Å². The first kappa shape index (κ1) is 18.0. The molecule has 1 aromatic carbocycles. The van der Waals surface area contributed by atoms with Gasteiger partial charge in [0.25, 0.3) is 0 Å². The minimum Gasteiger partial charge on any atom is -0.278 e. The highest BCUT2D eigenvalue weighted by molar-refractivity contribution is 8.01. The number of aromatic nitrogens is 3. The van der Waals surface area contributed by atoms with E-state index in [1.807, 2.05) is 10.7 Å². The summed E-state index contributed by atoms with van der Waals surface area (Å²) in [6, 6.07) is 8.50. The van der Waals surface area contributed by atoms with Gasteiger partial charge in [0.05, 0.1) is 22.9 Å². The minimum atomic E-state index is 0.220. The predicted molar refractivity (Wildman–Crippen MR) is 108 cm³/mol. The van der Waals surface area contributed by atoms with Gasteiger partial charge in [-0.15, -0.1) is 11.3 Å². The number of fused-ring (bicyclic) bond motifs is 1. The lowest BCUT2D eigenvalue weighted by Crippen LogP contribution is -2.26. The van der Waals surface area contributed by atoms with Crippen molar-refractivity contribution in [3.8, 4) is 0 Å². The predicted octanol–water partition coefficient (Wildman–Crippen LogP) is 5.44. The Kier molecular flexibility index (Phi) is 6.04. The van der Waals surface area contributed by atoms with Crippen molar-refractivity contribution in [3.05, 3.63) is 33.2 Å². The quantitative estimate of drug-likeness (QED) is 0.392. The van der Waals surface area contributed by atoms with E-state index in [-0.39, 0.29) is 6.04 Å². The van der Waals surface area contributed by atoms with Crippen LogP contribution in [0.15, 0.2) is 28.6 Å². The Bertz CT molecular complexity index is 833. The maximum Gasteiger partial charge on any atom is 0.181 e. The third-order valence-corrected chi connectivity index (χ3v) is 7.56. The highest BCUT2D eigenvalue weighted by Gasteiger charge is 2.17. The van der Waals surface area contributed by atoms with Crippen LogP contribution in [0.25, 0.3) is 10.2 Å². The van der Waals surface area contributed by atoms with Crippen molar-refractivity contribution < 1.29 is 0 Å². The van der Waals surface area contributed by atoms with Crippen molar-refractivity contribution >= 4 is 56.9 Å². The number of para-hydroxylation sites is 1. The van der Waals surface area contributed by atoms with E-state index >= 15 is 0 Å². The first-order chi connectivity index (χ1) is 11.6. The summed E-state index contributed by atoms with van der Waals surface area (Å²) < 4.78 is 5.04. The standard InChI is InChI=1S/C16H20N4S4/c1-4-9-22-15-18-20(16(21)24-15)10-19(3)11(2)14-17-12-7-5-6-8-13(12)23-14/h5-8,11H,4,9-10H2,1-3H3/t11-/m0/s1. The van der Waals surface area contributed by atoms with Crippen molar-refractivity contribution in [2.24, 2.45) is 0 Å². The molecule has 2 aromatic heterocycles. The summed E-state index contributed by atoms with van der Waals surface area (Å²) in [5.41, 5.74) is 1.07. The fraction of sp³-hybridized carbons (Fsp3) is 0.438. The number of hydrogen-bond donors (Lipinski definition) is 0. The fourth-order valence-electron chi connectivity index (χ4n) is 2.22. The van der Waals surface area contributed by atoms with Crippen LogP contribution in [0.5, 0.6) is 0 Å². The van der Waals surface area contributed by atoms with Gasteiger partial charge in [0.1, 0.15) is 5.01 Å². The highest BCUT2D eigenvalue weighted by Crippen LogP contribution is 2.29. The van der Waals surface area contributed by atoms with Gasteiger partial charge >= 0.3 is 0 Å². The van der Waals surface area contributed by atoms with Crippen LogP contribution in [-0.2, 0) is 6.67 Å². The van der Waals surface area contributed by atoms with Crippen molar-refractivity contribution in [1.82, 2.24) is 19.7 Å². The van der Waals surface area contributed by atoms with Gasteiger partial charge in [-0.2, -0.15) is 5.10 Å². The van der Waals surface area contributed by atoms with Crippen LogP contribution in [0.4, 0.5) is 0 Å². The minimum absolute atomic E-state index is 0.220. The summed E-state index contributed by atoms with van der Waals surface area (Å²) in [7, 11) is 2.09. The van der Waals surface area contributed by atoms with Crippen LogP contribution < -0.4 is 0 Å². The van der Waals surface area contributed by atoms with Crippen LogP contribution in [-0.4, -0.2) is 32.5 Å². The Morgan fingerprint density at radius 1 is 1.33 bits per heavy atom. The summed E-state index contributed by atoms with van der Waals surface area (Å²) in [5, 5.41) is 5.77. The van der Waals surface area contributed by atoms with Crippen LogP contribution in [0.2, 0.25) is 0 Å². The van der Waals surface area contributed by atoms with E-state index in [2.05, 4.69) is 49.1 Å². The second-order valence-electron chi connectivity index (χ2n) is 5.58. The molecule has 0 saturated heterocycles. The summed E-state index contributed by atoms with van der Waals surface area (Å²) in [5.74, 6) is 1.08. The van der Waals surface area contributed by atoms with Crippen LogP contribution in [0, 0.1) is 3.95 Å². The number of nitrogens with zero attached hydrogens (tertiary/aromatic N) is 4. The van der Waals surface area contributed by atoms with E-state index in [1.54, 1.807) is 34.4 Å². The Morgan fingerprint density at radius 3 is 2.88 bits per heavy atom. The number of hydrogen-bond acceptors (Lipinski definition) is 7. The van der Waals surface area contributed by atoms with E-state index in [1.165, 1.54) is 4.70 Å². The van der Waals surface area contributed by atoms with Crippen molar-refractivity contribution in [2.45, 2.75) is 37.3 Å². The van der Waals surface area contributed by atoms with Gasteiger partial charge in [-0.3, -0.25) is 4.90 Å². The average molecular weight is 397 g/mol. The second kappa shape index (κ2) is 8.05. The maximum absolute atomic E-state index is 5.46. The fourth-order valence-corrected chi connectivity index (χ4v) is 5.54. The number of benzene rings is 1. The van der Waals surface area contributed by atoms with Crippen molar-refractivity contribution in [3.63, 3.8) is 0 Å². The summed E-state index contributed by atoms with van der Waals surface area (Å²) in [6.45, 7) is 5.04. The van der Waals surface area contributed by atoms with Crippen molar-refractivity contribution in [2.75, 3.05) is 12.8 Å². The van der Waals surface area contributed by atoms with Crippen molar-refractivity contribution in [1.29, 1.82) is 0 Å². The maximum atomic E-state index is 5.46. The molecule has 0 aliphatic rings. The molecule has 0 unspecified atom stereocenters. The third-order valence-electron chi connectivity index (χ3n) is 3.70. The van der Waals surface area contributed by atoms with E-state index in [0.717, 1.165) is 31.0 Å². The van der Waals surface area contributed by atoms with Crippen LogP contribution in [0.3, 0.4) is 0 Å². The molecule has 0 saturated carbocycles. The lowest BCUT2D eigenvalue weighted by atomic mass is 10.3. The lowest BCUT2D eigenvalue weighted by Gasteiger charge is -2.22. The number of rotatable bonds is 7. The largest absolute Gasteiger partial charge is 0.278 e. The molecule has 3 aromatic rings. The number of thiazole rings is 1. The molecule has 0 bridgehead atoms.